The van der Waals surface area contributed by atoms with Crippen molar-refractivity contribution in [2.45, 2.75) is 26.2 Å². The molecule has 428 valence electrons. The minimum absolute atomic E-state index is 0.194. The van der Waals surface area contributed by atoms with Crippen molar-refractivity contribution >= 4 is 64.3 Å². The number of aromatic nitrogens is 8. The number of carboxylic acids is 3. The lowest BCUT2D eigenvalue weighted by Crippen LogP contribution is -2.36. The molecule has 7 aromatic heterocycles. The minimum Gasteiger partial charge on any atom is -0.478 e. The quantitative estimate of drug-likeness (QED) is 0.0375. The van der Waals surface area contributed by atoms with Crippen molar-refractivity contribution in [2.24, 2.45) is 0 Å². The van der Waals surface area contributed by atoms with Crippen LogP contribution in [-0.4, -0.2) is 65.1 Å². The van der Waals surface area contributed by atoms with Crippen molar-refractivity contribution in [3.8, 4) is 50.8 Å². The molecule has 0 saturated carbocycles. The van der Waals surface area contributed by atoms with Crippen LogP contribution < -0.4 is 23.0 Å². The zero-order valence-corrected chi connectivity index (χ0v) is 47.2. The molecule has 16 nitrogen and oxygen atoms in total. The smallest absolute Gasteiger partial charge is 0.335 e. The minimum atomic E-state index is -1.00. The van der Waals surface area contributed by atoms with Crippen LogP contribution >= 0.6 is 0 Å². The van der Waals surface area contributed by atoms with Crippen LogP contribution in [0.4, 0.5) is 0 Å². The summed E-state index contributed by atoms with van der Waals surface area (Å²) in [5.74, 6) is -2.45. The molecule has 0 atom stereocenters. The zero-order valence-electron chi connectivity index (χ0n) is 47.2. The van der Waals surface area contributed by atoms with E-state index in [0.717, 1.165) is 89.4 Å². The Morgan fingerprint density at radius 1 is 0.352 bits per heavy atom. The van der Waals surface area contributed by atoms with Crippen LogP contribution in [0.5, 0.6) is 5.75 Å². The Bertz CT molecular complexity index is 4680. The van der Waals surface area contributed by atoms with E-state index in [9.17, 15) is 34.8 Å². The Hall–Kier alpha value is -11.8. The molecule has 0 fully saturated rings. The highest BCUT2D eigenvalue weighted by atomic mass is 16.6. The summed E-state index contributed by atoms with van der Waals surface area (Å²) in [6, 6.07) is 60.8. The molecule has 16 heteroatoms. The first-order chi connectivity index (χ1) is 43.0. The maximum atomic E-state index is 11.9. The Morgan fingerprint density at radius 3 is 0.864 bits per heavy atom. The number of hydrogen-bond acceptors (Lipinski definition) is 7. The van der Waals surface area contributed by atoms with Crippen LogP contribution in [0.25, 0.3) is 91.4 Å². The van der Waals surface area contributed by atoms with E-state index in [-0.39, 0.29) is 16.7 Å². The van der Waals surface area contributed by atoms with Crippen LogP contribution in [0.15, 0.2) is 219 Å². The van der Waals surface area contributed by atoms with Crippen molar-refractivity contribution < 1.29 is 57.8 Å². The predicted molar refractivity (Wildman–Crippen MR) is 332 cm³/mol. The summed E-state index contributed by atoms with van der Waals surface area (Å²) in [6.45, 7) is 1.27. The second-order valence-corrected chi connectivity index (χ2v) is 21.3. The topological polar surface area (TPSA) is 214 Å². The molecule has 88 heavy (non-hydrogen) atoms. The standard InChI is InChI=1S/C72H52N8O8/c81-45-88-53-27-19-49(20-28-53)44-80-40-8-4-12-65(80)69-60-35-33-58(75-60)67(63-10-2-6-38-78(63)42-47-15-23-51(24-16-47)71(84)85)56-31-29-54(73-56)66(62-9-1-5-37-77(62)41-46-13-21-50(22-14-46)70(82)83)55-30-32-57(74-55)68(59-34-36-61(69)76-59)64-11-3-7-39-79(64)43-48-17-25-52(26-18-48)72(86)87/h1-40,81H,41-45H2,(H-3,73,74,75,76,82,83,84,85,86,87)/p+4. The number of benzene rings is 4. The average Bonchev–Trinajstić information content (AvgIpc) is 3.34. The van der Waals surface area contributed by atoms with Gasteiger partial charge < -0.3 is 35.1 Å². The Balaban J connectivity index is 1.11. The van der Waals surface area contributed by atoms with Gasteiger partial charge in [-0.05, 0) is 133 Å². The van der Waals surface area contributed by atoms with Crippen molar-refractivity contribution in [1.82, 2.24) is 19.9 Å². The summed E-state index contributed by atoms with van der Waals surface area (Å²) in [7, 11) is 0. The summed E-state index contributed by atoms with van der Waals surface area (Å²) in [4.78, 5) is 54.9. The number of nitrogens with zero attached hydrogens (tertiary/aromatic N) is 6. The van der Waals surface area contributed by atoms with E-state index < -0.39 is 24.7 Å². The molecule has 11 aromatic rings. The predicted octanol–water partition coefficient (Wildman–Crippen LogP) is 11.1. The fourth-order valence-corrected chi connectivity index (χ4v) is 11.5. The summed E-state index contributed by atoms with van der Waals surface area (Å²) in [5, 5.41) is 38.8. The first-order valence-corrected chi connectivity index (χ1v) is 28.4. The fourth-order valence-electron chi connectivity index (χ4n) is 11.5. The number of nitrogens with one attached hydrogen (secondary N) is 2. The fraction of sp³-hybridized carbons (Fsp3) is 0.0694. The number of rotatable bonds is 17. The van der Waals surface area contributed by atoms with Crippen molar-refractivity contribution in [3.05, 3.63) is 281 Å². The van der Waals surface area contributed by atoms with Gasteiger partial charge in [-0.1, -0.05) is 36.4 Å². The Labute approximate surface area is 504 Å². The van der Waals surface area contributed by atoms with Crippen LogP contribution in [0.2, 0.25) is 0 Å². The number of aromatic carboxylic acids is 3. The maximum Gasteiger partial charge on any atom is 0.335 e. The van der Waals surface area contributed by atoms with Crippen LogP contribution in [-0.2, 0) is 26.2 Å². The van der Waals surface area contributed by atoms with Crippen LogP contribution in [0.1, 0.15) is 76.1 Å². The summed E-state index contributed by atoms with van der Waals surface area (Å²) >= 11 is 0. The molecular formula is C72H56N8O8+4. The lowest BCUT2D eigenvalue weighted by atomic mass is 10.1. The highest BCUT2D eigenvalue weighted by molar-refractivity contribution is 5.98. The number of H-pyrrole nitrogens is 2. The number of aliphatic hydroxyl groups excluding tert-OH is 1. The second kappa shape index (κ2) is 24.1. The first-order valence-electron chi connectivity index (χ1n) is 28.4. The number of carboxylic acid groups (broad SMARTS) is 3. The highest BCUT2D eigenvalue weighted by Gasteiger charge is 2.29. The molecule has 9 heterocycles. The lowest BCUT2D eigenvalue weighted by Gasteiger charge is -2.08. The third-order valence-electron chi connectivity index (χ3n) is 15.7. The lowest BCUT2D eigenvalue weighted by molar-refractivity contribution is -0.677. The van der Waals surface area contributed by atoms with Gasteiger partial charge in [0.05, 0.1) is 83.8 Å². The molecule has 0 unspecified atom stereocenters. The summed E-state index contributed by atoms with van der Waals surface area (Å²) < 4.78 is 14.0. The van der Waals surface area contributed by atoms with Gasteiger partial charge in [-0.2, -0.15) is 18.3 Å². The number of hydrogen-bond donors (Lipinski definition) is 6. The molecule has 0 aliphatic carbocycles. The summed E-state index contributed by atoms with van der Waals surface area (Å²) in [5.41, 5.74) is 16.5. The molecule has 2 aliphatic rings. The molecule has 8 bridgehead atoms. The average molecular weight is 1160 g/mol. The summed E-state index contributed by atoms with van der Waals surface area (Å²) in [6.07, 6.45) is 16.2. The number of carbonyl (C=O) groups is 3. The van der Waals surface area contributed by atoms with Gasteiger partial charge in [-0.3, -0.25) is 0 Å². The number of ether oxygens (including phenoxy) is 1. The van der Waals surface area contributed by atoms with E-state index in [0.29, 0.717) is 54.7 Å². The number of aliphatic hydroxyl groups is 1. The van der Waals surface area contributed by atoms with Gasteiger partial charge >= 0.3 is 17.9 Å². The van der Waals surface area contributed by atoms with Crippen molar-refractivity contribution in [3.63, 3.8) is 0 Å². The van der Waals surface area contributed by atoms with Gasteiger partial charge in [0.2, 0.25) is 22.8 Å². The number of fused-ring (bicyclic) bond motifs is 8. The van der Waals surface area contributed by atoms with Gasteiger partial charge in [0.1, 0.15) is 5.75 Å². The monoisotopic (exact) mass is 1160 g/mol. The molecule has 0 spiro atoms. The van der Waals surface area contributed by atoms with Gasteiger partial charge in [0, 0.05) is 70.8 Å². The number of pyridine rings is 4. The van der Waals surface area contributed by atoms with Gasteiger partial charge in [0.15, 0.2) is 57.8 Å². The van der Waals surface area contributed by atoms with E-state index in [1.165, 1.54) is 0 Å². The molecular weight excluding hydrogens is 1100 g/mol. The van der Waals surface area contributed by atoms with E-state index in [1.807, 2.05) is 158 Å². The normalized spacial score (nSPS) is 11.6. The SMILES string of the molecule is O=C(O)c1ccc(C[n+]2ccccc2-c2c3nc(c(-c4cccc[n+]4Cc4ccc(C(=O)O)cc4)c4ccc([nH]4)c(-c4cccc[n+]4Cc4ccc(C(=O)O)cc4)c4nc(c(-c5cccc[n+]5Cc5ccc(OCO)cc5)c5ccc2[nH]5)C=C4)C=C3)cc1. The third kappa shape index (κ3) is 11.4. The van der Waals surface area contributed by atoms with Crippen molar-refractivity contribution in [1.29, 1.82) is 0 Å². The highest BCUT2D eigenvalue weighted by Crippen LogP contribution is 2.37. The van der Waals surface area contributed by atoms with Crippen molar-refractivity contribution in [2.75, 3.05) is 6.79 Å². The third-order valence-corrected chi connectivity index (χ3v) is 15.7. The van der Waals surface area contributed by atoms with Crippen LogP contribution in [0, 0.1) is 0 Å². The zero-order chi connectivity index (χ0) is 60.3. The molecule has 4 aromatic carbocycles. The van der Waals surface area contributed by atoms with Crippen LogP contribution in [0.3, 0.4) is 0 Å². The largest absolute Gasteiger partial charge is 0.478 e. The first kappa shape index (κ1) is 55.4. The molecule has 0 saturated heterocycles. The molecule has 13 rings (SSSR count). The van der Waals surface area contributed by atoms with Gasteiger partial charge in [0.25, 0.3) is 0 Å². The van der Waals surface area contributed by atoms with E-state index in [4.69, 9.17) is 14.7 Å². The van der Waals surface area contributed by atoms with Gasteiger partial charge in [-0.25, -0.2) is 24.4 Å². The molecule has 6 N–H and O–H groups in total. The van der Waals surface area contributed by atoms with Gasteiger partial charge in [-0.15, -0.1) is 0 Å². The Kier molecular flexibility index (Phi) is 15.2. The maximum absolute atomic E-state index is 11.9. The van der Waals surface area contributed by atoms with E-state index in [1.54, 1.807) is 36.4 Å². The van der Waals surface area contributed by atoms with E-state index >= 15 is 0 Å². The van der Waals surface area contributed by atoms with E-state index in [2.05, 4.69) is 76.8 Å². The molecule has 0 amide bonds. The Morgan fingerprint density at radius 2 is 0.614 bits per heavy atom. The second-order valence-electron chi connectivity index (χ2n) is 21.3. The number of aromatic amines is 2. The molecule has 2 aliphatic heterocycles. The molecule has 0 radical (unpaired) electrons.